The molecular formula is C13H18BrN3O. The van der Waals surface area contributed by atoms with Gasteiger partial charge in [-0.3, -0.25) is 4.79 Å². The smallest absolute Gasteiger partial charge is 0.258 e. The normalized spacial score (nSPS) is 24.1. The van der Waals surface area contributed by atoms with Gasteiger partial charge in [0.25, 0.3) is 5.91 Å². The summed E-state index contributed by atoms with van der Waals surface area (Å²) in [6.45, 7) is 4.18. The van der Waals surface area contributed by atoms with Crippen LogP contribution in [0.1, 0.15) is 43.5 Å². The minimum atomic E-state index is -0.0130. The lowest BCUT2D eigenvalue weighted by atomic mass is 9.96. The SMILES string of the molecule is CC1CCCC(C)N1C(=O)c1cc(Br)cnc1N. The Morgan fingerprint density at radius 2 is 2.06 bits per heavy atom. The molecule has 18 heavy (non-hydrogen) atoms. The van der Waals surface area contributed by atoms with Gasteiger partial charge in [-0.25, -0.2) is 4.98 Å². The molecule has 1 saturated heterocycles. The Kier molecular flexibility index (Phi) is 3.90. The van der Waals surface area contributed by atoms with E-state index >= 15 is 0 Å². The van der Waals surface area contributed by atoms with Crippen molar-refractivity contribution in [2.24, 2.45) is 0 Å². The molecule has 0 spiro atoms. The van der Waals surface area contributed by atoms with Gasteiger partial charge in [-0.1, -0.05) is 0 Å². The molecule has 2 heterocycles. The molecule has 2 rings (SSSR count). The van der Waals surface area contributed by atoms with Gasteiger partial charge in [-0.15, -0.1) is 0 Å². The van der Waals surface area contributed by atoms with E-state index in [-0.39, 0.29) is 18.0 Å². The third kappa shape index (κ3) is 2.51. The molecule has 0 radical (unpaired) electrons. The first kappa shape index (κ1) is 13.3. The van der Waals surface area contributed by atoms with Gasteiger partial charge >= 0.3 is 0 Å². The van der Waals surface area contributed by atoms with E-state index in [4.69, 9.17) is 5.73 Å². The first-order chi connectivity index (χ1) is 8.50. The third-order valence-electron chi connectivity index (χ3n) is 3.54. The summed E-state index contributed by atoms with van der Waals surface area (Å²) in [4.78, 5) is 18.5. The highest BCUT2D eigenvalue weighted by molar-refractivity contribution is 9.10. The number of rotatable bonds is 1. The van der Waals surface area contributed by atoms with Crippen LogP contribution in [-0.2, 0) is 0 Å². The molecule has 1 aromatic rings. The van der Waals surface area contributed by atoms with Crippen LogP contribution in [0.25, 0.3) is 0 Å². The number of aromatic nitrogens is 1. The summed E-state index contributed by atoms with van der Waals surface area (Å²) in [5, 5.41) is 0. The Labute approximate surface area is 116 Å². The number of carbonyl (C=O) groups is 1. The molecule has 1 amide bonds. The van der Waals surface area contributed by atoms with Crippen LogP contribution in [0.4, 0.5) is 5.82 Å². The number of hydrogen-bond donors (Lipinski definition) is 1. The molecule has 0 saturated carbocycles. The molecule has 2 atom stereocenters. The lowest BCUT2D eigenvalue weighted by Crippen LogP contribution is -2.47. The second-order valence-corrected chi connectivity index (χ2v) is 5.84. The van der Waals surface area contributed by atoms with Crippen LogP contribution >= 0.6 is 15.9 Å². The number of nitrogen functional groups attached to an aromatic ring is 1. The predicted octanol–water partition coefficient (Wildman–Crippen LogP) is 2.83. The maximum absolute atomic E-state index is 12.6. The Morgan fingerprint density at radius 3 is 2.67 bits per heavy atom. The van der Waals surface area contributed by atoms with Gasteiger partial charge in [-0.2, -0.15) is 0 Å². The molecule has 0 aromatic carbocycles. The maximum Gasteiger partial charge on any atom is 0.258 e. The number of piperidine rings is 1. The number of pyridine rings is 1. The fraction of sp³-hybridized carbons (Fsp3) is 0.538. The van der Waals surface area contributed by atoms with E-state index in [0.29, 0.717) is 11.4 Å². The number of likely N-dealkylation sites (tertiary alicyclic amines) is 1. The Morgan fingerprint density at radius 1 is 1.44 bits per heavy atom. The number of anilines is 1. The summed E-state index contributed by atoms with van der Waals surface area (Å²) < 4.78 is 0.775. The van der Waals surface area contributed by atoms with E-state index in [1.54, 1.807) is 12.3 Å². The van der Waals surface area contributed by atoms with Crippen LogP contribution in [0.5, 0.6) is 0 Å². The van der Waals surface area contributed by atoms with E-state index in [1.165, 1.54) is 6.42 Å². The highest BCUT2D eigenvalue weighted by Crippen LogP contribution is 2.26. The van der Waals surface area contributed by atoms with Crippen molar-refractivity contribution >= 4 is 27.7 Å². The molecule has 1 fully saturated rings. The predicted molar refractivity (Wildman–Crippen MR) is 75.3 cm³/mol. The Balaban J connectivity index is 2.32. The van der Waals surface area contributed by atoms with Gasteiger partial charge in [0.05, 0.1) is 5.56 Å². The first-order valence-corrected chi connectivity index (χ1v) is 7.03. The van der Waals surface area contributed by atoms with Crippen molar-refractivity contribution in [3.8, 4) is 0 Å². The summed E-state index contributed by atoms with van der Waals surface area (Å²) in [5.41, 5.74) is 6.30. The molecule has 2 unspecified atom stereocenters. The zero-order valence-corrected chi connectivity index (χ0v) is 12.3. The van der Waals surface area contributed by atoms with Crippen LogP contribution < -0.4 is 5.73 Å². The van der Waals surface area contributed by atoms with Crippen molar-refractivity contribution in [1.29, 1.82) is 0 Å². The molecule has 0 aliphatic carbocycles. The van der Waals surface area contributed by atoms with Crippen LogP contribution in [0.3, 0.4) is 0 Å². The molecular weight excluding hydrogens is 294 g/mol. The topological polar surface area (TPSA) is 59.2 Å². The molecule has 1 aliphatic heterocycles. The molecule has 4 nitrogen and oxygen atoms in total. The van der Waals surface area contributed by atoms with E-state index in [2.05, 4.69) is 34.8 Å². The van der Waals surface area contributed by atoms with Crippen molar-refractivity contribution in [3.05, 3.63) is 22.3 Å². The van der Waals surface area contributed by atoms with Gasteiger partial charge in [0, 0.05) is 22.8 Å². The van der Waals surface area contributed by atoms with Gasteiger partial charge in [0.1, 0.15) is 5.82 Å². The molecule has 1 aliphatic rings. The quantitative estimate of drug-likeness (QED) is 0.867. The minimum absolute atomic E-state index is 0.0130. The number of halogens is 1. The van der Waals surface area contributed by atoms with E-state index in [1.807, 2.05) is 4.90 Å². The Hall–Kier alpha value is -1.10. The average molecular weight is 312 g/mol. The zero-order valence-electron chi connectivity index (χ0n) is 10.7. The van der Waals surface area contributed by atoms with Crippen molar-refractivity contribution in [1.82, 2.24) is 9.88 Å². The number of carbonyl (C=O) groups excluding carboxylic acids is 1. The molecule has 98 valence electrons. The van der Waals surface area contributed by atoms with Crippen LogP contribution in [0.2, 0.25) is 0 Å². The minimum Gasteiger partial charge on any atom is -0.383 e. The van der Waals surface area contributed by atoms with E-state index < -0.39 is 0 Å². The molecule has 1 aromatic heterocycles. The van der Waals surface area contributed by atoms with Gasteiger partial charge < -0.3 is 10.6 Å². The lowest BCUT2D eigenvalue weighted by Gasteiger charge is -2.39. The summed E-state index contributed by atoms with van der Waals surface area (Å²) in [6.07, 6.45) is 4.89. The van der Waals surface area contributed by atoms with Crippen molar-refractivity contribution in [3.63, 3.8) is 0 Å². The van der Waals surface area contributed by atoms with Crippen molar-refractivity contribution < 1.29 is 4.79 Å². The number of nitrogens with zero attached hydrogens (tertiary/aromatic N) is 2. The van der Waals surface area contributed by atoms with Crippen molar-refractivity contribution in [2.45, 2.75) is 45.2 Å². The highest BCUT2D eigenvalue weighted by Gasteiger charge is 2.30. The molecule has 5 heteroatoms. The summed E-state index contributed by atoms with van der Waals surface area (Å²) in [5.74, 6) is 0.286. The van der Waals surface area contributed by atoms with Crippen molar-refractivity contribution in [2.75, 3.05) is 5.73 Å². The largest absolute Gasteiger partial charge is 0.383 e. The second kappa shape index (κ2) is 5.26. The number of nitrogens with two attached hydrogens (primary N) is 1. The van der Waals surface area contributed by atoms with E-state index in [9.17, 15) is 4.79 Å². The zero-order chi connectivity index (χ0) is 13.3. The highest BCUT2D eigenvalue weighted by atomic mass is 79.9. The fourth-order valence-electron chi connectivity index (χ4n) is 2.58. The van der Waals surface area contributed by atoms with Gasteiger partial charge in [-0.05, 0) is 55.1 Å². The van der Waals surface area contributed by atoms with Gasteiger partial charge in [0.2, 0.25) is 0 Å². The van der Waals surface area contributed by atoms with Crippen LogP contribution in [0.15, 0.2) is 16.7 Å². The fourth-order valence-corrected chi connectivity index (χ4v) is 2.91. The summed E-state index contributed by atoms with van der Waals surface area (Å²) in [6, 6.07) is 2.28. The molecule has 0 bridgehead atoms. The third-order valence-corrected chi connectivity index (χ3v) is 3.98. The lowest BCUT2D eigenvalue weighted by molar-refractivity contribution is 0.0511. The standard InChI is InChI=1S/C13H18BrN3O/c1-8-4-3-5-9(2)17(8)13(18)11-6-10(14)7-16-12(11)15/h6-9H,3-5H2,1-2H3,(H2,15,16). The van der Waals surface area contributed by atoms with E-state index in [0.717, 1.165) is 17.3 Å². The monoisotopic (exact) mass is 311 g/mol. The number of hydrogen-bond acceptors (Lipinski definition) is 3. The first-order valence-electron chi connectivity index (χ1n) is 6.24. The van der Waals surface area contributed by atoms with Crippen LogP contribution in [-0.4, -0.2) is 27.9 Å². The second-order valence-electron chi connectivity index (χ2n) is 4.93. The maximum atomic E-state index is 12.6. The van der Waals surface area contributed by atoms with Gasteiger partial charge in [0.15, 0.2) is 0 Å². The average Bonchev–Trinajstić information content (AvgIpc) is 2.32. The summed E-state index contributed by atoms with van der Waals surface area (Å²) >= 11 is 3.33. The number of amides is 1. The summed E-state index contributed by atoms with van der Waals surface area (Å²) in [7, 11) is 0. The molecule has 2 N–H and O–H groups in total. The van der Waals surface area contributed by atoms with Crippen LogP contribution in [0, 0.1) is 0 Å². The Bertz CT molecular complexity index is 454.